The minimum atomic E-state index is -0.245. The second-order valence-corrected chi connectivity index (χ2v) is 3.64. The molecular formula is C11H11ClO. The summed E-state index contributed by atoms with van der Waals surface area (Å²) in [4.78, 5) is 0. The van der Waals surface area contributed by atoms with Crippen LogP contribution in [-0.4, -0.2) is 6.61 Å². The SMILES string of the molecule is C=CC1(c2ccc(Cl)cc2)CCO1. The quantitative estimate of drug-likeness (QED) is 0.658. The van der Waals surface area contributed by atoms with Gasteiger partial charge in [-0.05, 0) is 17.7 Å². The molecule has 0 saturated carbocycles. The van der Waals surface area contributed by atoms with Gasteiger partial charge in [-0.1, -0.05) is 36.4 Å². The summed E-state index contributed by atoms with van der Waals surface area (Å²) in [6.45, 7) is 4.61. The van der Waals surface area contributed by atoms with Crippen molar-refractivity contribution in [1.82, 2.24) is 0 Å². The van der Waals surface area contributed by atoms with E-state index in [-0.39, 0.29) is 5.60 Å². The minimum Gasteiger partial charge on any atom is -0.366 e. The Morgan fingerprint density at radius 1 is 1.38 bits per heavy atom. The average Bonchev–Trinajstić information content (AvgIpc) is 2.07. The van der Waals surface area contributed by atoms with Crippen molar-refractivity contribution < 1.29 is 4.74 Å². The van der Waals surface area contributed by atoms with E-state index in [0.29, 0.717) is 0 Å². The molecule has 0 N–H and O–H groups in total. The molecule has 68 valence electrons. The zero-order chi connectivity index (χ0) is 9.31. The number of hydrogen-bond donors (Lipinski definition) is 0. The van der Waals surface area contributed by atoms with Gasteiger partial charge < -0.3 is 4.74 Å². The highest BCUT2D eigenvalue weighted by atomic mass is 35.5. The molecule has 1 saturated heterocycles. The molecule has 1 aliphatic heterocycles. The molecule has 1 fully saturated rings. The number of halogens is 1. The topological polar surface area (TPSA) is 9.23 Å². The molecule has 2 heteroatoms. The molecule has 0 radical (unpaired) electrons. The standard InChI is InChI=1S/C11H11ClO/c1-2-11(7-8-13-11)9-3-5-10(12)6-4-9/h2-6H,1,7-8H2. The van der Waals surface area contributed by atoms with E-state index >= 15 is 0 Å². The van der Waals surface area contributed by atoms with Gasteiger partial charge in [0.2, 0.25) is 0 Å². The Kier molecular flexibility index (Phi) is 2.14. The van der Waals surface area contributed by atoms with Crippen molar-refractivity contribution >= 4 is 11.6 Å². The fourth-order valence-electron chi connectivity index (χ4n) is 1.56. The molecular weight excluding hydrogens is 184 g/mol. The van der Waals surface area contributed by atoms with E-state index in [1.165, 1.54) is 0 Å². The van der Waals surface area contributed by atoms with E-state index in [4.69, 9.17) is 16.3 Å². The van der Waals surface area contributed by atoms with Crippen molar-refractivity contribution in [2.75, 3.05) is 6.61 Å². The Morgan fingerprint density at radius 2 is 2.00 bits per heavy atom. The van der Waals surface area contributed by atoms with Crippen molar-refractivity contribution in [2.24, 2.45) is 0 Å². The Balaban J connectivity index is 2.33. The molecule has 0 bridgehead atoms. The maximum absolute atomic E-state index is 5.80. The number of ether oxygens (including phenoxy) is 1. The van der Waals surface area contributed by atoms with E-state index in [9.17, 15) is 0 Å². The van der Waals surface area contributed by atoms with Crippen molar-refractivity contribution in [1.29, 1.82) is 0 Å². The molecule has 1 nitrogen and oxygen atoms in total. The molecule has 1 aromatic rings. The number of hydrogen-bond acceptors (Lipinski definition) is 1. The largest absolute Gasteiger partial charge is 0.366 e. The maximum atomic E-state index is 5.80. The number of benzene rings is 1. The molecule has 1 aliphatic rings. The van der Waals surface area contributed by atoms with Crippen LogP contribution in [0.3, 0.4) is 0 Å². The molecule has 2 rings (SSSR count). The van der Waals surface area contributed by atoms with Gasteiger partial charge in [-0.15, -0.1) is 0 Å². The van der Waals surface area contributed by atoms with Crippen molar-refractivity contribution in [3.63, 3.8) is 0 Å². The highest BCUT2D eigenvalue weighted by Gasteiger charge is 2.36. The van der Waals surface area contributed by atoms with Gasteiger partial charge >= 0.3 is 0 Å². The Hall–Kier alpha value is -0.790. The molecule has 1 atom stereocenters. The molecule has 1 aromatic carbocycles. The molecule has 0 amide bonds. The van der Waals surface area contributed by atoms with Crippen LogP contribution >= 0.6 is 11.6 Å². The predicted octanol–water partition coefficient (Wildman–Crippen LogP) is 3.14. The van der Waals surface area contributed by atoms with Gasteiger partial charge in [0.15, 0.2) is 0 Å². The van der Waals surface area contributed by atoms with Gasteiger partial charge in [-0.2, -0.15) is 0 Å². The lowest BCUT2D eigenvalue weighted by atomic mass is 9.87. The first kappa shape index (κ1) is 8.79. The summed E-state index contributed by atoms with van der Waals surface area (Å²) in [7, 11) is 0. The van der Waals surface area contributed by atoms with Gasteiger partial charge in [0.25, 0.3) is 0 Å². The van der Waals surface area contributed by atoms with Crippen LogP contribution in [0.4, 0.5) is 0 Å². The second-order valence-electron chi connectivity index (χ2n) is 3.20. The van der Waals surface area contributed by atoms with Crippen LogP contribution in [0.25, 0.3) is 0 Å². The monoisotopic (exact) mass is 194 g/mol. The third-order valence-corrected chi connectivity index (χ3v) is 2.75. The molecule has 0 aliphatic carbocycles. The fraction of sp³-hybridized carbons (Fsp3) is 0.273. The van der Waals surface area contributed by atoms with Gasteiger partial charge in [0, 0.05) is 11.4 Å². The molecule has 0 aromatic heterocycles. The Morgan fingerprint density at radius 3 is 2.38 bits per heavy atom. The molecule has 13 heavy (non-hydrogen) atoms. The van der Waals surface area contributed by atoms with Gasteiger partial charge in [0.05, 0.1) is 6.61 Å². The summed E-state index contributed by atoms with van der Waals surface area (Å²) in [5, 5.41) is 0.752. The Bertz CT molecular complexity index is 311. The second kappa shape index (κ2) is 3.17. The van der Waals surface area contributed by atoms with Crippen LogP contribution in [0.2, 0.25) is 5.02 Å². The third kappa shape index (κ3) is 1.38. The summed E-state index contributed by atoms with van der Waals surface area (Å²) in [5.74, 6) is 0. The van der Waals surface area contributed by atoms with Crippen LogP contribution in [0.5, 0.6) is 0 Å². The zero-order valence-electron chi connectivity index (χ0n) is 7.29. The highest BCUT2D eigenvalue weighted by Crippen LogP contribution is 2.38. The first-order chi connectivity index (χ1) is 6.27. The van der Waals surface area contributed by atoms with E-state index in [1.807, 2.05) is 30.3 Å². The van der Waals surface area contributed by atoms with Gasteiger partial charge in [-0.3, -0.25) is 0 Å². The van der Waals surface area contributed by atoms with Gasteiger partial charge in [-0.25, -0.2) is 0 Å². The zero-order valence-corrected chi connectivity index (χ0v) is 8.05. The van der Waals surface area contributed by atoms with Crippen molar-refractivity contribution in [3.8, 4) is 0 Å². The van der Waals surface area contributed by atoms with E-state index < -0.39 is 0 Å². The van der Waals surface area contributed by atoms with Crippen LogP contribution in [0.15, 0.2) is 36.9 Å². The van der Waals surface area contributed by atoms with Crippen molar-refractivity contribution in [3.05, 3.63) is 47.5 Å². The highest BCUT2D eigenvalue weighted by molar-refractivity contribution is 6.30. The summed E-state index contributed by atoms with van der Waals surface area (Å²) < 4.78 is 5.53. The van der Waals surface area contributed by atoms with E-state index in [2.05, 4.69) is 6.58 Å². The first-order valence-corrected chi connectivity index (χ1v) is 4.68. The van der Waals surface area contributed by atoms with Crippen LogP contribution in [0.1, 0.15) is 12.0 Å². The first-order valence-electron chi connectivity index (χ1n) is 4.30. The normalized spacial score (nSPS) is 26.5. The Labute approximate surface area is 83.0 Å². The van der Waals surface area contributed by atoms with E-state index in [0.717, 1.165) is 23.6 Å². The number of rotatable bonds is 2. The summed E-state index contributed by atoms with van der Waals surface area (Å²) in [6, 6.07) is 7.74. The predicted molar refractivity (Wildman–Crippen MR) is 53.9 cm³/mol. The maximum Gasteiger partial charge on any atom is 0.113 e. The van der Waals surface area contributed by atoms with Crippen LogP contribution in [-0.2, 0) is 10.3 Å². The van der Waals surface area contributed by atoms with E-state index in [1.54, 1.807) is 0 Å². The van der Waals surface area contributed by atoms with Gasteiger partial charge in [0.1, 0.15) is 5.60 Å². The lowest BCUT2D eigenvalue weighted by molar-refractivity contribution is -0.118. The average molecular weight is 195 g/mol. The molecule has 0 spiro atoms. The van der Waals surface area contributed by atoms with Crippen LogP contribution in [0, 0.1) is 0 Å². The summed E-state index contributed by atoms with van der Waals surface area (Å²) in [5.41, 5.74) is 0.892. The lowest BCUT2D eigenvalue weighted by Gasteiger charge is -2.39. The summed E-state index contributed by atoms with van der Waals surface area (Å²) in [6.07, 6.45) is 2.87. The molecule has 1 heterocycles. The summed E-state index contributed by atoms with van der Waals surface area (Å²) >= 11 is 5.80. The fourth-order valence-corrected chi connectivity index (χ4v) is 1.69. The minimum absolute atomic E-state index is 0.245. The smallest absolute Gasteiger partial charge is 0.113 e. The molecule has 1 unspecified atom stereocenters. The lowest BCUT2D eigenvalue weighted by Crippen LogP contribution is -2.38. The van der Waals surface area contributed by atoms with Crippen molar-refractivity contribution in [2.45, 2.75) is 12.0 Å². The third-order valence-electron chi connectivity index (χ3n) is 2.50. The van der Waals surface area contributed by atoms with Crippen LogP contribution < -0.4 is 0 Å².